The lowest BCUT2D eigenvalue weighted by Crippen LogP contribution is -2.39. The second-order valence-electron chi connectivity index (χ2n) is 6.42. The summed E-state index contributed by atoms with van der Waals surface area (Å²) in [7, 11) is 3.95. The zero-order valence-electron chi connectivity index (χ0n) is 15.1. The SMILES string of the molecule is CCNC(=NCC1(Sc2ccccc2)CC1)N(C)Cc1ncnn1C. The third-order valence-electron chi connectivity index (χ3n) is 4.28. The van der Waals surface area contributed by atoms with Crippen LogP contribution in [-0.4, -0.2) is 50.5 Å². The predicted octanol–water partition coefficient (Wildman–Crippen LogP) is 2.54. The average molecular weight is 359 g/mol. The van der Waals surface area contributed by atoms with Gasteiger partial charge < -0.3 is 10.2 Å². The van der Waals surface area contributed by atoms with E-state index in [1.165, 1.54) is 17.7 Å². The predicted molar refractivity (Wildman–Crippen MR) is 103 cm³/mol. The minimum Gasteiger partial charge on any atom is -0.357 e. The van der Waals surface area contributed by atoms with Gasteiger partial charge in [0.25, 0.3) is 0 Å². The average Bonchev–Trinajstić information content (AvgIpc) is 3.26. The molecule has 0 atom stereocenters. The van der Waals surface area contributed by atoms with Crippen molar-refractivity contribution < 1.29 is 0 Å². The van der Waals surface area contributed by atoms with Crippen molar-refractivity contribution in [3.05, 3.63) is 42.5 Å². The van der Waals surface area contributed by atoms with Gasteiger partial charge in [-0.15, -0.1) is 11.8 Å². The van der Waals surface area contributed by atoms with E-state index in [9.17, 15) is 0 Å². The van der Waals surface area contributed by atoms with Gasteiger partial charge in [0.15, 0.2) is 5.96 Å². The molecule has 0 unspecified atom stereocenters. The summed E-state index contributed by atoms with van der Waals surface area (Å²) < 4.78 is 2.06. The van der Waals surface area contributed by atoms with Gasteiger partial charge in [-0.2, -0.15) is 5.10 Å². The summed E-state index contributed by atoms with van der Waals surface area (Å²) >= 11 is 1.96. The highest BCUT2D eigenvalue weighted by molar-refractivity contribution is 8.01. The van der Waals surface area contributed by atoms with Crippen LogP contribution in [0, 0.1) is 0 Å². The minimum atomic E-state index is 0.258. The molecule has 2 aromatic rings. The van der Waals surface area contributed by atoms with Crippen molar-refractivity contribution in [3.63, 3.8) is 0 Å². The Morgan fingerprint density at radius 1 is 1.36 bits per heavy atom. The van der Waals surface area contributed by atoms with Gasteiger partial charge in [0, 0.05) is 30.3 Å². The van der Waals surface area contributed by atoms with Crippen LogP contribution in [-0.2, 0) is 13.6 Å². The molecule has 1 saturated carbocycles. The van der Waals surface area contributed by atoms with Gasteiger partial charge in [0.1, 0.15) is 12.2 Å². The van der Waals surface area contributed by atoms with Crippen LogP contribution in [0.3, 0.4) is 0 Å². The maximum atomic E-state index is 4.91. The minimum absolute atomic E-state index is 0.258. The summed E-state index contributed by atoms with van der Waals surface area (Å²) in [5.41, 5.74) is 0. The third kappa shape index (κ3) is 4.75. The number of hydrogen-bond donors (Lipinski definition) is 1. The van der Waals surface area contributed by atoms with E-state index in [2.05, 4.69) is 57.6 Å². The molecule has 1 aromatic carbocycles. The van der Waals surface area contributed by atoms with Gasteiger partial charge in [-0.1, -0.05) is 18.2 Å². The molecule has 0 bridgehead atoms. The van der Waals surface area contributed by atoms with Crippen molar-refractivity contribution in [3.8, 4) is 0 Å². The van der Waals surface area contributed by atoms with E-state index in [1.807, 2.05) is 25.9 Å². The largest absolute Gasteiger partial charge is 0.357 e. The Balaban J connectivity index is 1.64. The number of guanidine groups is 1. The first-order valence-corrected chi connectivity index (χ1v) is 9.50. The molecule has 0 radical (unpaired) electrons. The molecule has 7 heteroatoms. The van der Waals surface area contributed by atoms with Gasteiger partial charge >= 0.3 is 0 Å². The number of hydrogen-bond acceptors (Lipinski definition) is 4. The highest BCUT2D eigenvalue weighted by Crippen LogP contribution is 2.51. The van der Waals surface area contributed by atoms with Gasteiger partial charge in [-0.05, 0) is 31.9 Å². The normalized spacial score (nSPS) is 15.9. The van der Waals surface area contributed by atoms with E-state index in [0.717, 1.165) is 24.9 Å². The number of nitrogens with one attached hydrogen (secondary N) is 1. The van der Waals surface area contributed by atoms with Crippen molar-refractivity contribution in [1.29, 1.82) is 0 Å². The molecular formula is C18H26N6S. The van der Waals surface area contributed by atoms with Crippen molar-refractivity contribution in [1.82, 2.24) is 25.0 Å². The first-order chi connectivity index (χ1) is 12.1. The fraction of sp³-hybridized carbons (Fsp3) is 0.500. The van der Waals surface area contributed by atoms with Crippen LogP contribution in [0.2, 0.25) is 0 Å². The lowest BCUT2D eigenvalue weighted by atomic mass is 10.4. The van der Waals surface area contributed by atoms with Crippen LogP contribution in [0.15, 0.2) is 46.5 Å². The van der Waals surface area contributed by atoms with Crippen molar-refractivity contribution in [2.75, 3.05) is 20.1 Å². The van der Waals surface area contributed by atoms with E-state index in [-0.39, 0.29) is 4.75 Å². The zero-order valence-corrected chi connectivity index (χ0v) is 16.0. The van der Waals surface area contributed by atoms with Crippen molar-refractivity contribution >= 4 is 17.7 Å². The Bertz CT molecular complexity index is 707. The lowest BCUT2D eigenvalue weighted by Gasteiger charge is -2.22. The number of rotatable bonds is 7. The number of nitrogens with zero attached hydrogens (tertiary/aromatic N) is 5. The van der Waals surface area contributed by atoms with Crippen LogP contribution in [0.25, 0.3) is 0 Å². The van der Waals surface area contributed by atoms with Crippen LogP contribution < -0.4 is 5.32 Å². The molecule has 3 rings (SSSR count). The monoisotopic (exact) mass is 358 g/mol. The van der Waals surface area contributed by atoms with Gasteiger partial charge in [0.05, 0.1) is 13.1 Å². The van der Waals surface area contributed by atoms with E-state index < -0.39 is 0 Å². The quantitative estimate of drug-likeness (QED) is 0.609. The molecule has 1 heterocycles. The molecular weight excluding hydrogens is 332 g/mol. The lowest BCUT2D eigenvalue weighted by molar-refractivity contribution is 0.448. The maximum absolute atomic E-state index is 4.91. The molecule has 6 nitrogen and oxygen atoms in total. The molecule has 0 amide bonds. The Morgan fingerprint density at radius 2 is 2.12 bits per heavy atom. The van der Waals surface area contributed by atoms with Gasteiger partial charge in [-0.25, -0.2) is 4.98 Å². The number of thioether (sulfide) groups is 1. The number of aliphatic imine (C=N–C) groups is 1. The van der Waals surface area contributed by atoms with Crippen molar-refractivity contribution in [2.24, 2.45) is 12.0 Å². The molecule has 134 valence electrons. The van der Waals surface area contributed by atoms with E-state index in [1.54, 1.807) is 11.0 Å². The summed E-state index contributed by atoms with van der Waals surface area (Å²) in [6.45, 7) is 4.46. The fourth-order valence-corrected chi connectivity index (χ4v) is 3.84. The Morgan fingerprint density at radius 3 is 2.72 bits per heavy atom. The Labute approximate surface area is 153 Å². The summed E-state index contributed by atoms with van der Waals surface area (Å²) in [6, 6.07) is 10.6. The van der Waals surface area contributed by atoms with Gasteiger partial charge in [-0.3, -0.25) is 9.67 Å². The van der Waals surface area contributed by atoms with Crippen molar-refractivity contribution in [2.45, 2.75) is 36.0 Å². The van der Waals surface area contributed by atoms with Crippen LogP contribution in [0.1, 0.15) is 25.6 Å². The summed E-state index contributed by atoms with van der Waals surface area (Å²) in [5, 5.41) is 7.52. The van der Waals surface area contributed by atoms with Gasteiger partial charge in [0.2, 0.25) is 0 Å². The molecule has 1 N–H and O–H groups in total. The van der Waals surface area contributed by atoms with E-state index in [4.69, 9.17) is 4.99 Å². The number of aromatic nitrogens is 3. The summed E-state index contributed by atoms with van der Waals surface area (Å²) in [4.78, 5) is 12.6. The summed E-state index contributed by atoms with van der Waals surface area (Å²) in [6.07, 6.45) is 4.04. The first-order valence-electron chi connectivity index (χ1n) is 8.68. The first kappa shape index (κ1) is 17.8. The van der Waals surface area contributed by atoms with Crippen LogP contribution in [0.5, 0.6) is 0 Å². The Kier molecular flexibility index (Phi) is 5.63. The fourth-order valence-electron chi connectivity index (χ4n) is 2.61. The Hall–Kier alpha value is -2.02. The zero-order chi connectivity index (χ0) is 17.7. The maximum Gasteiger partial charge on any atom is 0.194 e. The topological polar surface area (TPSA) is 58.3 Å². The van der Waals surface area contributed by atoms with Crippen LogP contribution >= 0.6 is 11.8 Å². The molecule has 1 aliphatic carbocycles. The molecule has 25 heavy (non-hydrogen) atoms. The third-order valence-corrected chi connectivity index (χ3v) is 5.76. The molecule has 1 fully saturated rings. The molecule has 0 aliphatic heterocycles. The highest BCUT2D eigenvalue weighted by Gasteiger charge is 2.43. The summed E-state index contributed by atoms with van der Waals surface area (Å²) in [5.74, 6) is 1.85. The molecule has 1 aliphatic rings. The molecule has 0 saturated heterocycles. The number of benzene rings is 1. The number of aryl methyl sites for hydroxylation is 1. The van der Waals surface area contributed by atoms with E-state index >= 15 is 0 Å². The van der Waals surface area contributed by atoms with E-state index in [0.29, 0.717) is 6.54 Å². The second-order valence-corrected chi connectivity index (χ2v) is 7.97. The standard InChI is InChI=1S/C18H26N6S/c1-4-19-17(23(2)12-16-21-14-22-24(16)3)20-13-18(10-11-18)25-15-8-6-5-7-9-15/h5-9,14H,4,10-13H2,1-3H3,(H,19,20). The van der Waals surface area contributed by atoms with Crippen LogP contribution in [0.4, 0.5) is 0 Å². The second kappa shape index (κ2) is 7.91. The molecule has 1 aromatic heterocycles. The highest BCUT2D eigenvalue weighted by atomic mass is 32.2. The smallest absolute Gasteiger partial charge is 0.194 e. The molecule has 0 spiro atoms.